The molecule has 7 nitrogen and oxygen atoms in total. The number of methoxy groups -OCH3 is 1. The zero-order valence-electron chi connectivity index (χ0n) is 14.8. The molecular weight excluding hydrogens is 304 g/mol. The van der Waals surface area contributed by atoms with Gasteiger partial charge in [-0.3, -0.25) is 0 Å². The Bertz CT molecular complexity index is 662. The van der Waals surface area contributed by atoms with Crippen LogP contribution >= 0.6 is 0 Å². The number of rotatable bonds is 7. The molecule has 0 aliphatic rings. The predicted octanol–water partition coefficient (Wildman–Crippen LogP) is 1.78. The van der Waals surface area contributed by atoms with Crippen molar-refractivity contribution in [2.45, 2.75) is 33.4 Å². The van der Waals surface area contributed by atoms with Crippen LogP contribution in [0.2, 0.25) is 0 Å². The van der Waals surface area contributed by atoms with Crippen LogP contribution in [0.4, 0.5) is 0 Å². The summed E-state index contributed by atoms with van der Waals surface area (Å²) in [5.41, 5.74) is 1.13. The minimum absolute atomic E-state index is 0.579. The number of hydrogen-bond acceptors (Lipinski definition) is 4. The molecule has 1 heterocycles. The second-order valence-corrected chi connectivity index (χ2v) is 5.52. The molecule has 0 aliphatic heterocycles. The lowest BCUT2D eigenvalue weighted by Crippen LogP contribution is -2.38. The molecule has 0 saturated carbocycles. The fourth-order valence-electron chi connectivity index (χ4n) is 2.09. The number of aliphatic imine (C=N–C) groups is 1. The third-order valence-corrected chi connectivity index (χ3v) is 3.72. The lowest BCUT2D eigenvalue weighted by atomic mass is 10.2. The number of aryl methyl sites for hydroxylation is 1. The number of guanidine groups is 1. The van der Waals surface area contributed by atoms with E-state index in [1.165, 1.54) is 0 Å². The zero-order chi connectivity index (χ0) is 17.4. The predicted molar refractivity (Wildman–Crippen MR) is 95.0 cm³/mol. The summed E-state index contributed by atoms with van der Waals surface area (Å²) >= 11 is 0. The van der Waals surface area contributed by atoms with Gasteiger partial charge >= 0.3 is 0 Å². The fraction of sp³-hybridized carbons (Fsp3) is 0.471. The molecule has 130 valence electrons. The van der Waals surface area contributed by atoms with Gasteiger partial charge in [0.15, 0.2) is 11.8 Å². The van der Waals surface area contributed by atoms with E-state index in [4.69, 9.17) is 4.74 Å². The van der Waals surface area contributed by atoms with Crippen LogP contribution in [0.5, 0.6) is 5.75 Å². The average molecular weight is 330 g/mol. The zero-order valence-corrected chi connectivity index (χ0v) is 14.8. The first-order valence-electron chi connectivity index (χ1n) is 8.14. The van der Waals surface area contributed by atoms with Gasteiger partial charge in [0, 0.05) is 13.6 Å². The van der Waals surface area contributed by atoms with Gasteiger partial charge in [-0.05, 0) is 31.0 Å². The summed E-state index contributed by atoms with van der Waals surface area (Å²) in [6, 6.07) is 7.93. The Morgan fingerprint density at radius 1 is 1.21 bits per heavy atom. The van der Waals surface area contributed by atoms with Gasteiger partial charge in [-0.25, -0.2) is 4.99 Å². The Hall–Kier alpha value is -2.57. The quantitative estimate of drug-likeness (QED) is 0.598. The number of nitrogens with zero attached hydrogens (tertiary/aromatic N) is 4. The molecule has 0 atom stereocenters. The van der Waals surface area contributed by atoms with Crippen molar-refractivity contribution < 1.29 is 4.74 Å². The van der Waals surface area contributed by atoms with E-state index in [9.17, 15) is 0 Å². The van der Waals surface area contributed by atoms with E-state index in [0.29, 0.717) is 13.1 Å². The Morgan fingerprint density at radius 2 is 1.96 bits per heavy atom. The molecule has 0 fully saturated rings. The highest BCUT2D eigenvalue weighted by Crippen LogP contribution is 2.11. The van der Waals surface area contributed by atoms with Crippen molar-refractivity contribution in [2.24, 2.45) is 12.0 Å². The van der Waals surface area contributed by atoms with Crippen molar-refractivity contribution in [3.63, 3.8) is 0 Å². The Labute approximate surface area is 143 Å². The van der Waals surface area contributed by atoms with Gasteiger partial charge < -0.3 is 19.9 Å². The first kappa shape index (κ1) is 17.8. The molecule has 2 N–H and O–H groups in total. The third-order valence-electron chi connectivity index (χ3n) is 3.72. The van der Waals surface area contributed by atoms with Gasteiger partial charge in [-0.1, -0.05) is 19.1 Å². The molecular formula is C17H26N6O. The van der Waals surface area contributed by atoms with Crippen LogP contribution in [0, 0.1) is 6.92 Å². The first-order valence-corrected chi connectivity index (χ1v) is 8.14. The molecule has 1 aromatic carbocycles. The van der Waals surface area contributed by atoms with E-state index in [2.05, 4.69) is 32.7 Å². The minimum atomic E-state index is 0.579. The molecule has 0 amide bonds. The first-order chi connectivity index (χ1) is 11.6. The number of nitrogens with one attached hydrogen (secondary N) is 2. The second-order valence-electron chi connectivity index (χ2n) is 5.52. The van der Waals surface area contributed by atoms with Crippen molar-refractivity contribution in [3.8, 4) is 5.75 Å². The van der Waals surface area contributed by atoms with Gasteiger partial charge in [-0.2, -0.15) is 0 Å². The van der Waals surface area contributed by atoms with E-state index in [0.717, 1.165) is 41.9 Å². The van der Waals surface area contributed by atoms with Crippen LogP contribution in [0.15, 0.2) is 29.3 Å². The maximum Gasteiger partial charge on any atom is 0.191 e. The minimum Gasteiger partial charge on any atom is -0.497 e. The molecule has 7 heteroatoms. The highest BCUT2D eigenvalue weighted by atomic mass is 16.5. The summed E-state index contributed by atoms with van der Waals surface area (Å²) in [7, 11) is 3.62. The van der Waals surface area contributed by atoms with Gasteiger partial charge in [0.25, 0.3) is 0 Å². The number of ether oxygens (including phenoxy) is 1. The number of benzene rings is 1. The molecule has 0 spiro atoms. The Kier molecular flexibility index (Phi) is 6.60. The van der Waals surface area contributed by atoms with Gasteiger partial charge in [-0.15, -0.1) is 10.2 Å². The van der Waals surface area contributed by atoms with Crippen LogP contribution in [0.3, 0.4) is 0 Å². The summed E-state index contributed by atoms with van der Waals surface area (Å²) in [6.07, 6.45) is 1.03. The molecule has 0 saturated heterocycles. The SMILES string of the molecule is CCCNC(=NCc1ccc(OC)cc1)NCc1nnc(C)n1C. The monoisotopic (exact) mass is 330 g/mol. The highest BCUT2D eigenvalue weighted by molar-refractivity contribution is 5.79. The number of hydrogen-bond donors (Lipinski definition) is 2. The summed E-state index contributed by atoms with van der Waals surface area (Å²) in [5, 5.41) is 14.8. The molecule has 1 aromatic heterocycles. The van der Waals surface area contributed by atoms with Crippen LogP contribution in [0.25, 0.3) is 0 Å². The van der Waals surface area contributed by atoms with E-state index in [1.807, 2.05) is 42.8 Å². The lowest BCUT2D eigenvalue weighted by molar-refractivity contribution is 0.414. The van der Waals surface area contributed by atoms with E-state index < -0.39 is 0 Å². The maximum absolute atomic E-state index is 5.17. The van der Waals surface area contributed by atoms with Crippen molar-refractivity contribution in [3.05, 3.63) is 41.5 Å². The Balaban J connectivity index is 1.98. The molecule has 2 aromatic rings. The van der Waals surface area contributed by atoms with Gasteiger partial charge in [0.05, 0.1) is 20.2 Å². The summed E-state index contributed by atoms with van der Waals surface area (Å²) < 4.78 is 7.14. The topological polar surface area (TPSA) is 76.4 Å². The smallest absolute Gasteiger partial charge is 0.191 e. The van der Waals surface area contributed by atoms with Crippen LogP contribution in [-0.4, -0.2) is 34.4 Å². The summed E-state index contributed by atoms with van der Waals surface area (Å²) in [5.74, 6) is 3.39. The van der Waals surface area contributed by atoms with Gasteiger partial charge in [0.2, 0.25) is 0 Å². The standard InChI is InChI=1S/C17H26N6O/c1-5-10-18-17(20-12-16-22-21-13(2)23(16)3)19-11-14-6-8-15(24-4)9-7-14/h6-9H,5,10-12H2,1-4H3,(H2,18,19,20). The molecule has 24 heavy (non-hydrogen) atoms. The van der Waals surface area contributed by atoms with Crippen molar-refractivity contribution >= 4 is 5.96 Å². The van der Waals surface area contributed by atoms with Crippen molar-refractivity contribution in [2.75, 3.05) is 13.7 Å². The maximum atomic E-state index is 5.17. The lowest BCUT2D eigenvalue weighted by Gasteiger charge is -2.12. The summed E-state index contributed by atoms with van der Waals surface area (Å²) in [6.45, 7) is 6.10. The van der Waals surface area contributed by atoms with Crippen molar-refractivity contribution in [1.29, 1.82) is 0 Å². The van der Waals surface area contributed by atoms with Gasteiger partial charge in [0.1, 0.15) is 11.6 Å². The second kappa shape index (κ2) is 8.90. The molecule has 0 unspecified atom stereocenters. The van der Waals surface area contributed by atoms with E-state index in [1.54, 1.807) is 7.11 Å². The van der Waals surface area contributed by atoms with E-state index >= 15 is 0 Å². The summed E-state index contributed by atoms with van der Waals surface area (Å²) in [4.78, 5) is 4.63. The largest absolute Gasteiger partial charge is 0.497 e. The molecule has 0 radical (unpaired) electrons. The molecule has 0 bridgehead atoms. The highest BCUT2D eigenvalue weighted by Gasteiger charge is 2.06. The van der Waals surface area contributed by atoms with Crippen LogP contribution in [-0.2, 0) is 20.1 Å². The van der Waals surface area contributed by atoms with Crippen molar-refractivity contribution in [1.82, 2.24) is 25.4 Å². The molecule has 2 rings (SSSR count). The third kappa shape index (κ3) is 4.97. The van der Waals surface area contributed by atoms with Crippen LogP contribution < -0.4 is 15.4 Å². The van der Waals surface area contributed by atoms with Crippen LogP contribution in [0.1, 0.15) is 30.6 Å². The average Bonchev–Trinajstić information content (AvgIpc) is 2.93. The number of aromatic nitrogens is 3. The fourth-order valence-corrected chi connectivity index (χ4v) is 2.09. The Morgan fingerprint density at radius 3 is 2.54 bits per heavy atom. The van der Waals surface area contributed by atoms with E-state index in [-0.39, 0.29) is 0 Å². The normalized spacial score (nSPS) is 11.4. The molecule has 0 aliphatic carbocycles.